The van der Waals surface area contributed by atoms with Gasteiger partial charge in [-0.2, -0.15) is 0 Å². The molecular formula is C78H137N3O14P+. The smallest absolute Gasteiger partial charge is 0.490 e. The molecule has 96 heavy (non-hydrogen) atoms. The van der Waals surface area contributed by atoms with E-state index in [1.165, 1.54) is 275 Å². The van der Waals surface area contributed by atoms with E-state index in [2.05, 4.69) is 25.8 Å². The lowest BCUT2D eigenvalue weighted by molar-refractivity contribution is -0.156. The fourth-order valence-electron chi connectivity index (χ4n) is 12.8. The quantitative estimate of drug-likeness (QED) is 0.0358. The number of carbonyl (C=O) groups is 3. The Morgan fingerprint density at radius 2 is 0.885 bits per heavy atom. The van der Waals surface area contributed by atoms with Crippen LogP contribution in [-0.4, -0.2) is 96.0 Å². The van der Waals surface area contributed by atoms with Crippen LogP contribution >= 0.6 is 8.25 Å². The molecule has 1 aromatic carbocycles. The van der Waals surface area contributed by atoms with Crippen LogP contribution in [0, 0.1) is 6.92 Å². The number of H-pyrrole nitrogens is 1. The summed E-state index contributed by atoms with van der Waals surface area (Å²) in [5, 5.41) is 0. The third-order valence-corrected chi connectivity index (χ3v) is 19.2. The van der Waals surface area contributed by atoms with Crippen molar-refractivity contribution in [2.45, 2.75) is 374 Å². The van der Waals surface area contributed by atoms with Crippen LogP contribution in [0.2, 0.25) is 0 Å². The molecule has 0 radical (unpaired) electrons. The van der Waals surface area contributed by atoms with Gasteiger partial charge in [0.2, 0.25) is 5.75 Å². The van der Waals surface area contributed by atoms with Crippen molar-refractivity contribution >= 4 is 26.1 Å². The van der Waals surface area contributed by atoms with E-state index in [9.17, 15) is 33.4 Å². The van der Waals surface area contributed by atoms with Crippen molar-refractivity contribution in [3.05, 3.63) is 50.3 Å². The van der Waals surface area contributed by atoms with Crippen molar-refractivity contribution in [2.75, 3.05) is 46.6 Å². The highest BCUT2D eigenvalue weighted by atomic mass is 31.1. The summed E-state index contributed by atoms with van der Waals surface area (Å²) >= 11 is 0. The summed E-state index contributed by atoms with van der Waals surface area (Å²) in [5.41, 5.74) is -0.680. The number of aryl methyl sites for hydroxylation is 1. The molecule has 18 heteroatoms. The van der Waals surface area contributed by atoms with Gasteiger partial charge in [-0.25, -0.2) is 4.79 Å². The van der Waals surface area contributed by atoms with E-state index >= 15 is 0 Å². The van der Waals surface area contributed by atoms with Crippen molar-refractivity contribution in [3.8, 4) is 17.2 Å². The molecule has 2 aromatic rings. The number of unbranched alkanes of at least 4 members (excludes halogenated alkanes) is 45. The minimum atomic E-state index is -3.00. The molecule has 1 amide bonds. The van der Waals surface area contributed by atoms with Crippen molar-refractivity contribution < 1.29 is 56.8 Å². The summed E-state index contributed by atoms with van der Waals surface area (Å²) in [7, 11) is -1.36. The Balaban J connectivity index is 1.62. The molecule has 552 valence electrons. The van der Waals surface area contributed by atoms with Crippen molar-refractivity contribution in [3.63, 3.8) is 0 Å². The van der Waals surface area contributed by atoms with E-state index in [-0.39, 0.29) is 43.9 Å². The highest BCUT2D eigenvalue weighted by Crippen LogP contribution is 2.40. The molecule has 1 aliphatic rings. The predicted molar refractivity (Wildman–Crippen MR) is 389 cm³/mol. The first-order chi connectivity index (χ1) is 46.9. The van der Waals surface area contributed by atoms with Gasteiger partial charge < -0.3 is 33.3 Å². The Morgan fingerprint density at radius 3 is 1.26 bits per heavy atom. The fraction of sp³-hybridized carbons (Fsp3) is 0.833. The van der Waals surface area contributed by atoms with Gasteiger partial charge in [-0.3, -0.25) is 28.7 Å². The molecule has 3 rings (SSSR count). The average Bonchev–Trinajstić information content (AvgIpc) is 1.60. The monoisotopic (exact) mass is 1370 g/mol. The number of esters is 2. The second-order valence-corrected chi connectivity index (χ2v) is 28.3. The standard InChI is InChI=1S/C78H136N3O14P/c1-6-9-12-15-18-21-24-27-30-33-36-39-42-45-48-51-57-89-69-61-67(77(85)80(5)56-60-91-73(82)54-55-74(83)95-68-63-72(94-71(68)65-93-96(87)88)81-64-66(4)76(84)79-78(81)86)62-70(90-58-52-49-46-43-40-37-34-31-28-25-22-19-16-13-10-7-2)75(69)92-59-53-50-47-44-41-38-35-32-29-26-23-20-17-14-11-8-3/h61-62,64,68,71-72H,6-60,63,65H2,1-5H3,(H-,79,84,86,87,88)/p+1/t68?,71-,72-/m1/s1. The Morgan fingerprint density at radius 1 is 0.531 bits per heavy atom. The van der Waals surface area contributed by atoms with Crippen LogP contribution in [0.4, 0.5) is 0 Å². The van der Waals surface area contributed by atoms with Gasteiger partial charge in [0.05, 0.1) is 39.2 Å². The van der Waals surface area contributed by atoms with Gasteiger partial charge >= 0.3 is 25.9 Å². The van der Waals surface area contributed by atoms with Crippen LogP contribution in [0.25, 0.3) is 0 Å². The molecule has 1 aromatic heterocycles. The summed E-state index contributed by atoms with van der Waals surface area (Å²) in [5.74, 6) is -0.221. The second kappa shape index (κ2) is 58.5. The Kier molecular flexibility index (Phi) is 52.3. The third kappa shape index (κ3) is 42.6. The molecule has 1 fully saturated rings. The fourth-order valence-corrected chi connectivity index (χ4v) is 13.0. The second-order valence-electron chi connectivity index (χ2n) is 27.6. The topological polar surface area (TPSA) is 211 Å². The van der Waals surface area contributed by atoms with Crippen LogP contribution in [0.15, 0.2) is 27.9 Å². The van der Waals surface area contributed by atoms with E-state index in [0.29, 0.717) is 42.6 Å². The normalized spacial score (nSPS) is 14.7. The van der Waals surface area contributed by atoms with Gasteiger partial charge in [0.25, 0.3) is 11.5 Å². The van der Waals surface area contributed by atoms with Gasteiger partial charge in [-0.1, -0.05) is 310 Å². The first-order valence-electron chi connectivity index (χ1n) is 39.3. The molecule has 1 aliphatic heterocycles. The van der Waals surface area contributed by atoms with E-state index in [1.807, 2.05) is 0 Å². The van der Waals surface area contributed by atoms with Gasteiger partial charge in [-0.15, -0.1) is 9.42 Å². The molecule has 0 aliphatic carbocycles. The van der Waals surface area contributed by atoms with E-state index in [1.54, 1.807) is 19.2 Å². The highest BCUT2D eigenvalue weighted by molar-refractivity contribution is 7.32. The molecule has 17 nitrogen and oxygen atoms in total. The molecule has 2 heterocycles. The van der Waals surface area contributed by atoms with Gasteiger partial charge in [-0.05, 0) is 38.3 Å². The number of aromatic amines is 1. The number of hydrogen-bond donors (Lipinski definition) is 2. The summed E-state index contributed by atoms with van der Waals surface area (Å²) in [6.45, 7) is 9.34. The van der Waals surface area contributed by atoms with E-state index < -0.39 is 56.5 Å². The number of hydrogen-bond acceptors (Lipinski definition) is 13. The largest absolute Gasteiger partial charge is 0.694 e. The Bertz CT molecular complexity index is 2360. The number of rotatable bonds is 66. The molecule has 0 saturated carbocycles. The van der Waals surface area contributed by atoms with E-state index in [4.69, 9.17) is 32.9 Å². The van der Waals surface area contributed by atoms with E-state index in [0.717, 1.165) is 55.9 Å². The maximum Gasteiger partial charge on any atom is 0.694 e. The summed E-state index contributed by atoms with van der Waals surface area (Å²) in [6, 6.07) is 3.54. The Labute approximate surface area is 582 Å². The number of likely N-dealkylation sites (N-methyl/N-ethyl adjacent to an activating group) is 1. The lowest BCUT2D eigenvalue weighted by atomic mass is 10.0. The van der Waals surface area contributed by atoms with Gasteiger partial charge in [0.1, 0.15) is 31.6 Å². The number of ether oxygens (including phenoxy) is 6. The molecule has 0 bridgehead atoms. The van der Waals surface area contributed by atoms with Gasteiger partial charge in [0, 0.05) is 35.4 Å². The summed E-state index contributed by atoms with van der Waals surface area (Å²) in [6.07, 6.45) is 59.3. The number of aromatic nitrogens is 2. The van der Waals surface area contributed by atoms with Crippen LogP contribution < -0.4 is 25.5 Å². The Hall–Kier alpha value is -4.31. The van der Waals surface area contributed by atoms with Crippen molar-refractivity contribution in [1.82, 2.24) is 14.5 Å². The highest BCUT2D eigenvalue weighted by Gasteiger charge is 2.41. The zero-order chi connectivity index (χ0) is 69.3. The molecule has 4 atom stereocenters. The van der Waals surface area contributed by atoms with Crippen molar-refractivity contribution in [1.29, 1.82) is 0 Å². The molecule has 0 spiro atoms. The first-order valence-corrected chi connectivity index (χ1v) is 40.4. The lowest BCUT2D eigenvalue weighted by Gasteiger charge is -2.21. The van der Waals surface area contributed by atoms with Gasteiger partial charge in [0.15, 0.2) is 11.5 Å². The number of nitrogens with zero attached hydrogens (tertiary/aromatic N) is 2. The molecule has 1 saturated heterocycles. The maximum atomic E-state index is 14.4. The van der Waals surface area contributed by atoms with Crippen LogP contribution in [-0.2, 0) is 32.9 Å². The predicted octanol–water partition coefficient (Wildman–Crippen LogP) is 20.7. The minimum Gasteiger partial charge on any atom is -0.490 e. The molecule has 2 N–H and O–H groups in total. The summed E-state index contributed by atoms with van der Waals surface area (Å²) < 4.78 is 54.3. The number of nitrogens with one attached hydrogen (secondary N) is 1. The zero-order valence-corrected chi connectivity index (χ0v) is 62.3. The van der Waals surface area contributed by atoms with Crippen LogP contribution in [0.1, 0.15) is 370 Å². The van der Waals surface area contributed by atoms with Crippen LogP contribution in [0.3, 0.4) is 0 Å². The average molecular weight is 1370 g/mol. The summed E-state index contributed by atoms with van der Waals surface area (Å²) in [4.78, 5) is 78.1. The lowest BCUT2D eigenvalue weighted by Crippen LogP contribution is -2.33. The molecule has 2 unspecified atom stereocenters. The van der Waals surface area contributed by atoms with Crippen LogP contribution in [0.5, 0.6) is 17.2 Å². The number of carbonyl (C=O) groups excluding carboxylic acids is 3. The third-order valence-electron chi connectivity index (χ3n) is 18.9. The SMILES string of the molecule is CCCCCCCCCCCCCCCCCCOc1cc(C(=O)N(C)CCOC(=O)CCC(=O)OC2C[C@H](n3cc(C)c(=O)[nH]c3=O)O[C@@H]2CO[P+](=O)O)cc(OCCCCCCCCCCCCCCCCCC)c1OCCCCCCCCCCCCCCCCCC. The van der Waals surface area contributed by atoms with Crippen molar-refractivity contribution in [2.24, 2.45) is 0 Å². The molecular weight excluding hydrogens is 1230 g/mol. The number of benzene rings is 1. The number of amides is 1. The first kappa shape index (κ1) is 85.9. The zero-order valence-electron chi connectivity index (χ0n) is 61.4. The minimum absolute atomic E-state index is 0.0338. The maximum absolute atomic E-state index is 14.4.